The minimum atomic E-state index is -3.14. The summed E-state index contributed by atoms with van der Waals surface area (Å²) >= 11 is 0. The second-order valence-electron chi connectivity index (χ2n) is 7.05. The van der Waals surface area contributed by atoms with Gasteiger partial charge in [-0.15, -0.1) is 0 Å². The summed E-state index contributed by atoms with van der Waals surface area (Å²) in [6.07, 6.45) is 0.379. The van der Waals surface area contributed by atoms with Gasteiger partial charge in [-0.05, 0) is 25.8 Å². The van der Waals surface area contributed by atoms with Gasteiger partial charge in [-0.1, -0.05) is 30.3 Å². The fourth-order valence-corrected chi connectivity index (χ4v) is 5.42. The van der Waals surface area contributed by atoms with E-state index in [1.54, 1.807) is 38.1 Å². The Kier molecular flexibility index (Phi) is 4.98. The molecule has 0 aromatic heterocycles. The van der Waals surface area contributed by atoms with E-state index >= 15 is 0 Å². The van der Waals surface area contributed by atoms with Crippen LogP contribution in [-0.4, -0.2) is 66.7 Å². The molecule has 8 nitrogen and oxygen atoms in total. The lowest BCUT2D eigenvalue weighted by Crippen LogP contribution is -2.48. The van der Waals surface area contributed by atoms with Crippen LogP contribution in [0.5, 0.6) is 0 Å². The third kappa shape index (κ3) is 3.55. The van der Waals surface area contributed by atoms with Gasteiger partial charge >= 0.3 is 6.03 Å². The van der Waals surface area contributed by atoms with E-state index in [-0.39, 0.29) is 11.5 Å². The molecule has 146 valence electrons. The third-order valence-electron chi connectivity index (χ3n) is 5.23. The molecular formula is C18H23N3O5S. The molecule has 0 bridgehead atoms. The van der Waals surface area contributed by atoms with Gasteiger partial charge in [0.1, 0.15) is 12.1 Å². The molecule has 2 aliphatic rings. The number of sulfone groups is 1. The number of nitrogens with one attached hydrogen (secondary N) is 1. The summed E-state index contributed by atoms with van der Waals surface area (Å²) in [4.78, 5) is 40.3. The maximum Gasteiger partial charge on any atom is 0.325 e. The van der Waals surface area contributed by atoms with Crippen molar-refractivity contribution in [1.29, 1.82) is 0 Å². The number of hydrogen-bond donors (Lipinski definition) is 1. The molecule has 2 fully saturated rings. The predicted octanol–water partition coefficient (Wildman–Crippen LogP) is 0.489. The molecule has 0 spiro atoms. The molecule has 0 unspecified atom stereocenters. The second-order valence-corrected chi connectivity index (χ2v) is 9.28. The first-order chi connectivity index (χ1) is 12.7. The van der Waals surface area contributed by atoms with Crippen molar-refractivity contribution >= 4 is 27.7 Å². The molecule has 0 saturated carbocycles. The van der Waals surface area contributed by atoms with Gasteiger partial charge in [0.25, 0.3) is 5.91 Å². The van der Waals surface area contributed by atoms with Crippen LogP contribution in [0, 0.1) is 0 Å². The zero-order valence-electron chi connectivity index (χ0n) is 15.3. The summed E-state index contributed by atoms with van der Waals surface area (Å²) in [5.41, 5.74) is -0.598. The molecule has 0 aliphatic carbocycles. The van der Waals surface area contributed by atoms with Crippen molar-refractivity contribution in [2.75, 3.05) is 24.6 Å². The van der Waals surface area contributed by atoms with Crippen molar-refractivity contribution in [2.45, 2.75) is 31.8 Å². The van der Waals surface area contributed by atoms with E-state index in [9.17, 15) is 22.8 Å². The Morgan fingerprint density at radius 2 is 1.96 bits per heavy atom. The van der Waals surface area contributed by atoms with Crippen LogP contribution < -0.4 is 5.32 Å². The van der Waals surface area contributed by atoms with Gasteiger partial charge in [0.2, 0.25) is 5.91 Å². The summed E-state index contributed by atoms with van der Waals surface area (Å²) in [7, 11) is -3.14. The Morgan fingerprint density at radius 3 is 2.52 bits per heavy atom. The van der Waals surface area contributed by atoms with Crippen molar-refractivity contribution < 1.29 is 22.8 Å². The van der Waals surface area contributed by atoms with Crippen LogP contribution in [0.1, 0.15) is 25.8 Å². The lowest BCUT2D eigenvalue weighted by atomic mass is 9.92. The number of carbonyl (C=O) groups is 3. The SMILES string of the molecule is CCN(C(=O)CN1C(=O)N[C@](C)(c2ccccc2)C1=O)[C@@H]1CCS(=O)(=O)C1. The predicted molar refractivity (Wildman–Crippen MR) is 98.5 cm³/mol. The summed E-state index contributed by atoms with van der Waals surface area (Å²) < 4.78 is 23.4. The number of amides is 4. The highest BCUT2D eigenvalue weighted by molar-refractivity contribution is 7.91. The molecule has 2 aliphatic heterocycles. The fourth-order valence-electron chi connectivity index (χ4n) is 3.69. The van der Waals surface area contributed by atoms with Crippen molar-refractivity contribution in [3.05, 3.63) is 35.9 Å². The molecule has 1 aromatic rings. The maximum absolute atomic E-state index is 12.9. The first-order valence-corrected chi connectivity index (χ1v) is 10.7. The number of urea groups is 1. The Bertz CT molecular complexity index is 870. The largest absolute Gasteiger partial charge is 0.337 e. The van der Waals surface area contributed by atoms with Gasteiger partial charge in [0, 0.05) is 12.6 Å². The highest BCUT2D eigenvalue weighted by atomic mass is 32.2. The summed E-state index contributed by atoms with van der Waals surface area (Å²) in [5, 5.41) is 2.66. The first-order valence-electron chi connectivity index (χ1n) is 8.87. The van der Waals surface area contributed by atoms with Gasteiger partial charge < -0.3 is 10.2 Å². The Hall–Kier alpha value is -2.42. The lowest BCUT2D eigenvalue weighted by molar-refractivity contribution is -0.139. The Labute approximate surface area is 158 Å². The van der Waals surface area contributed by atoms with E-state index in [2.05, 4.69) is 5.32 Å². The number of nitrogens with zero attached hydrogens (tertiary/aromatic N) is 2. The summed E-state index contributed by atoms with van der Waals surface area (Å²) in [6, 6.07) is 7.80. The van der Waals surface area contributed by atoms with Crippen LogP contribution >= 0.6 is 0 Å². The van der Waals surface area contributed by atoms with Crippen LogP contribution in [0.25, 0.3) is 0 Å². The molecule has 9 heteroatoms. The zero-order chi connectivity index (χ0) is 19.8. The molecule has 0 radical (unpaired) electrons. The number of hydrogen-bond acceptors (Lipinski definition) is 5. The molecular weight excluding hydrogens is 370 g/mol. The third-order valence-corrected chi connectivity index (χ3v) is 6.98. The standard InChI is InChI=1S/C18H23N3O5S/c1-3-20(14-9-10-27(25,26)12-14)15(22)11-21-16(23)18(2,19-17(21)24)13-7-5-4-6-8-13/h4-8,14H,3,9-12H2,1-2H3,(H,19,24)/t14-,18-/m1/s1. The van der Waals surface area contributed by atoms with E-state index in [0.29, 0.717) is 18.5 Å². The number of carbonyl (C=O) groups excluding carboxylic acids is 3. The monoisotopic (exact) mass is 393 g/mol. The number of benzene rings is 1. The second kappa shape index (κ2) is 6.95. The topological polar surface area (TPSA) is 104 Å². The lowest BCUT2D eigenvalue weighted by Gasteiger charge is -2.28. The van der Waals surface area contributed by atoms with Crippen LogP contribution in [0.2, 0.25) is 0 Å². The van der Waals surface area contributed by atoms with Crippen molar-refractivity contribution in [1.82, 2.24) is 15.1 Å². The smallest absolute Gasteiger partial charge is 0.325 e. The Balaban J connectivity index is 1.76. The highest BCUT2D eigenvalue weighted by Gasteiger charge is 2.50. The van der Waals surface area contributed by atoms with E-state index in [0.717, 1.165) is 4.90 Å². The van der Waals surface area contributed by atoms with E-state index < -0.39 is 45.8 Å². The molecule has 1 aromatic carbocycles. The zero-order valence-corrected chi connectivity index (χ0v) is 16.2. The van der Waals surface area contributed by atoms with E-state index in [1.807, 2.05) is 6.07 Å². The minimum absolute atomic E-state index is 0.0522. The molecule has 2 atom stereocenters. The van der Waals surface area contributed by atoms with Crippen molar-refractivity contribution in [3.8, 4) is 0 Å². The molecule has 4 amide bonds. The molecule has 2 heterocycles. The summed E-state index contributed by atoms with van der Waals surface area (Å²) in [6.45, 7) is 3.27. The van der Waals surface area contributed by atoms with Crippen LogP contribution in [0.3, 0.4) is 0 Å². The quantitative estimate of drug-likeness (QED) is 0.733. The number of rotatable bonds is 5. The van der Waals surface area contributed by atoms with Crippen LogP contribution in [-0.2, 0) is 25.0 Å². The number of imide groups is 1. The maximum atomic E-state index is 12.9. The summed E-state index contributed by atoms with van der Waals surface area (Å²) in [5.74, 6) is -0.951. The molecule has 3 rings (SSSR count). The van der Waals surface area contributed by atoms with Gasteiger partial charge in [-0.2, -0.15) is 0 Å². The Morgan fingerprint density at radius 1 is 1.30 bits per heavy atom. The number of likely N-dealkylation sites (N-methyl/N-ethyl adjacent to an activating group) is 1. The van der Waals surface area contributed by atoms with Crippen LogP contribution in [0.15, 0.2) is 30.3 Å². The molecule has 27 heavy (non-hydrogen) atoms. The minimum Gasteiger partial charge on any atom is -0.337 e. The van der Waals surface area contributed by atoms with Gasteiger partial charge in [0.15, 0.2) is 9.84 Å². The normalized spacial score (nSPS) is 26.9. The van der Waals surface area contributed by atoms with Crippen molar-refractivity contribution in [2.24, 2.45) is 0 Å². The molecule has 2 saturated heterocycles. The van der Waals surface area contributed by atoms with E-state index in [1.165, 1.54) is 4.90 Å². The fraction of sp³-hybridized carbons (Fsp3) is 0.500. The molecule has 1 N–H and O–H groups in total. The van der Waals surface area contributed by atoms with Crippen molar-refractivity contribution in [3.63, 3.8) is 0 Å². The van der Waals surface area contributed by atoms with Gasteiger partial charge in [0.05, 0.1) is 11.5 Å². The highest BCUT2D eigenvalue weighted by Crippen LogP contribution is 2.28. The van der Waals surface area contributed by atoms with E-state index in [4.69, 9.17) is 0 Å². The van der Waals surface area contributed by atoms with Gasteiger partial charge in [-0.3, -0.25) is 14.5 Å². The first kappa shape index (κ1) is 19.3. The average molecular weight is 393 g/mol. The average Bonchev–Trinajstić information content (AvgIpc) is 3.09. The van der Waals surface area contributed by atoms with Crippen LogP contribution in [0.4, 0.5) is 4.79 Å². The van der Waals surface area contributed by atoms with Gasteiger partial charge in [-0.25, -0.2) is 13.2 Å².